The number of guanidine groups is 1. The van der Waals surface area contributed by atoms with Gasteiger partial charge in [-0.2, -0.15) is 0 Å². The Morgan fingerprint density at radius 2 is 1.68 bits per heavy atom. The van der Waals surface area contributed by atoms with Gasteiger partial charge in [0.25, 0.3) is 0 Å². The highest BCUT2D eigenvalue weighted by Crippen LogP contribution is 2.07. The summed E-state index contributed by atoms with van der Waals surface area (Å²) >= 11 is 0. The molecule has 7 heteroatoms. The number of nitrogens with zero attached hydrogens (tertiary/aromatic N) is 1. The van der Waals surface area contributed by atoms with Gasteiger partial charge in [0.2, 0.25) is 0 Å². The van der Waals surface area contributed by atoms with Crippen LogP contribution >= 0.6 is 24.0 Å². The van der Waals surface area contributed by atoms with Gasteiger partial charge in [0.05, 0.1) is 26.4 Å². The first-order valence-corrected chi connectivity index (χ1v) is 7.06. The van der Waals surface area contributed by atoms with E-state index in [0.29, 0.717) is 39.5 Å². The van der Waals surface area contributed by atoms with Crippen molar-refractivity contribution in [1.29, 1.82) is 0 Å². The van der Waals surface area contributed by atoms with E-state index in [1.165, 1.54) is 0 Å². The van der Waals surface area contributed by atoms with Crippen molar-refractivity contribution < 1.29 is 14.2 Å². The van der Waals surface area contributed by atoms with Crippen LogP contribution in [0.4, 0.5) is 0 Å². The quantitative estimate of drug-likeness (QED) is 0.259. The molecule has 0 amide bonds. The maximum atomic E-state index is 5.59. The molecule has 0 atom stereocenters. The van der Waals surface area contributed by atoms with Crippen LogP contribution in [0.3, 0.4) is 0 Å². The van der Waals surface area contributed by atoms with E-state index in [-0.39, 0.29) is 24.0 Å². The number of hydrogen-bond acceptors (Lipinski definition) is 4. The minimum atomic E-state index is 0. The fraction of sp³-hybridized carbons (Fsp3) is 0.533. The average molecular weight is 423 g/mol. The third kappa shape index (κ3) is 10.6. The predicted octanol–water partition coefficient (Wildman–Crippen LogP) is 1.51. The van der Waals surface area contributed by atoms with Crippen LogP contribution in [-0.2, 0) is 9.47 Å². The molecule has 0 aliphatic heterocycles. The number of ether oxygens (including phenoxy) is 3. The van der Waals surface area contributed by atoms with E-state index in [2.05, 4.69) is 15.6 Å². The Balaban J connectivity index is 0.00000441. The number of nitrogens with one attached hydrogen (secondary N) is 2. The van der Waals surface area contributed by atoms with Crippen LogP contribution in [0.5, 0.6) is 5.75 Å². The van der Waals surface area contributed by atoms with Crippen molar-refractivity contribution in [2.45, 2.75) is 0 Å². The number of hydrogen-bond donors (Lipinski definition) is 2. The lowest BCUT2D eigenvalue weighted by molar-refractivity contribution is 0.0733. The molecule has 0 unspecified atom stereocenters. The Bertz CT molecular complexity index is 391. The first-order valence-electron chi connectivity index (χ1n) is 7.06. The summed E-state index contributed by atoms with van der Waals surface area (Å²) in [6.07, 6.45) is 0. The van der Waals surface area contributed by atoms with Crippen LogP contribution in [0, 0.1) is 0 Å². The summed E-state index contributed by atoms with van der Waals surface area (Å²) < 4.78 is 15.8. The molecule has 1 rings (SSSR count). The molecule has 0 heterocycles. The van der Waals surface area contributed by atoms with Crippen LogP contribution in [0.25, 0.3) is 0 Å². The van der Waals surface area contributed by atoms with Gasteiger partial charge in [-0.05, 0) is 12.1 Å². The molecular formula is C15H26IN3O3. The number of para-hydroxylation sites is 1. The number of halogens is 1. The molecule has 0 fully saturated rings. The van der Waals surface area contributed by atoms with E-state index in [9.17, 15) is 0 Å². The molecular weight excluding hydrogens is 397 g/mol. The van der Waals surface area contributed by atoms with Gasteiger partial charge in [-0.15, -0.1) is 24.0 Å². The highest BCUT2D eigenvalue weighted by molar-refractivity contribution is 14.0. The van der Waals surface area contributed by atoms with Crippen molar-refractivity contribution in [3.63, 3.8) is 0 Å². The second-order valence-electron chi connectivity index (χ2n) is 4.19. The van der Waals surface area contributed by atoms with Crippen molar-refractivity contribution >= 4 is 29.9 Å². The van der Waals surface area contributed by atoms with Crippen LogP contribution in [0.15, 0.2) is 35.3 Å². The summed E-state index contributed by atoms with van der Waals surface area (Å²) in [6, 6.07) is 9.74. The van der Waals surface area contributed by atoms with Crippen molar-refractivity contribution in [1.82, 2.24) is 10.6 Å². The Labute approximate surface area is 149 Å². The average Bonchev–Trinajstić information content (AvgIpc) is 2.53. The lowest BCUT2D eigenvalue weighted by atomic mass is 10.3. The molecule has 1 aromatic carbocycles. The van der Waals surface area contributed by atoms with Crippen LogP contribution in [0.2, 0.25) is 0 Å². The van der Waals surface area contributed by atoms with Gasteiger partial charge in [0.1, 0.15) is 12.4 Å². The Kier molecular flexibility index (Phi) is 14.1. The van der Waals surface area contributed by atoms with Crippen molar-refractivity contribution in [3.8, 4) is 5.75 Å². The normalized spacial score (nSPS) is 10.7. The van der Waals surface area contributed by atoms with Gasteiger partial charge in [-0.3, -0.25) is 4.99 Å². The van der Waals surface area contributed by atoms with Gasteiger partial charge in [0.15, 0.2) is 5.96 Å². The zero-order valence-electron chi connectivity index (χ0n) is 13.2. The minimum Gasteiger partial charge on any atom is -0.492 e. The number of benzene rings is 1. The second-order valence-corrected chi connectivity index (χ2v) is 4.19. The smallest absolute Gasteiger partial charge is 0.191 e. The molecule has 0 radical (unpaired) electrons. The predicted molar refractivity (Wildman–Crippen MR) is 99.4 cm³/mol. The molecule has 0 saturated carbocycles. The summed E-state index contributed by atoms with van der Waals surface area (Å²) in [5.41, 5.74) is 0. The Hall–Kier alpha value is -1.06. The molecule has 1 aromatic rings. The molecule has 0 saturated heterocycles. The molecule has 22 heavy (non-hydrogen) atoms. The van der Waals surface area contributed by atoms with E-state index < -0.39 is 0 Å². The lowest BCUT2D eigenvalue weighted by Crippen LogP contribution is -2.40. The van der Waals surface area contributed by atoms with E-state index in [1.54, 1.807) is 14.2 Å². The van der Waals surface area contributed by atoms with E-state index in [1.807, 2.05) is 30.3 Å². The third-order valence-corrected chi connectivity index (χ3v) is 2.60. The van der Waals surface area contributed by atoms with Gasteiger partial charge in [-0.25, -0.2) is 0 Å². The number of aliphatic imine (C=N–C) groups is 1. The summed E-state index contributed by atoms with van der Waals surface area (Å²) in [4.78, 5) is 4.13. The fourth-order valence-corrected chi connectivity index (χ4v) is 1.56. The summed E-state index contributed by atoms with van der Waals surface area (Å²) in [5, 5.41) is 6.34. The monoisotopic (exact) mass is 423 g/mol. The van der Waals surface area contributed by atoms with E-state index in [4.69, 9.17) is 14.2 Å². The molecule has 2 N–H and O–H groups in total. The van der Waals surface area contributed by atoms with Crippen molar-refractivity contribution in [2.75, 3.05) is 53.7 Å². The molecule has 0 aromatic heterocycles. The zero-order chi connectivity index (χ0) is 15.2. The SMILES string of the molecule is CN=C(NCCOCCOC)NCCOc1ccccc1.I. The molecule has 126 valence electrons. The second kappa shape index (κ2) is 14.9. The highest BCUT2D eigenvalue weighted by Gasteiger charge is 1.97. The molecule has 0 aliphatic rings. The van der Waals surface area contributed by atoms with Crippen LogP contribution in [0.1, 0.15) is 0 Å². The first kappa shape index (κ1) is 20.9. The topological polar surface area (TPSA) is 64.1 Å². The number of rotatable bonds is 10. The van der Waals surface area contributed by atoms with Gasteiger partial charge >= 0.3 is 0 Å². The van der Waals surface area contributed by atoms with Gasteiger partial charge in [-0.1, -0.05) is 18.2 Å². The van der Waals surface area contributed by atoms with Crippen molar-refractivity contribution in [2.24, 2.45) is 4.99 Å². The number of methoxy groups -OCH3 is 1. The van der Waals surface area contributed by atoms with Gasteiger partial charge in [0, 0.05) is 20.7 Å². The lowest BCUT2D eigenvalue weighted by Gasteiger charge is -2.12. The molecule has 0 bridgehead atoms. The maximum absolute atomic E-state index is 5.59. The van der Waals surface area contributed by atoms with Gasteiger partial charge < -0.3 is 24.8 Å². The summed E-state index contributed by atoms with van der Waals surface area (Å²) in [7, 11) is 3.39. The molecule has 6 nitrogen and oxygen atoms in total. The summed E-state index contributed by atoms with van der Waals surface area (Å²) in [6.45, 7) is 3.79. The Morgan fingerprint density at radius 3 is 2.32 bits per heavy atom. The van der Waals surface area contributed by atoms with Crippen molar-refractivity contribution in [3.05, 3.63) is 30.3 Å². The van der Waals surface area contributed by atoms with E-state index >= 15 is 0 Å². The Morgan fingerprint density at radius 1 is 1.00 bits per heavy atom. The fourth-order valence-electron chi connectivity index (χ4n) is 1.56. The van der Waals surface area contributed by atoms with Crippen LogP contribution < -0.4 is 15.4 Å². The maximum Gasteiger partial charge on any atom is 0.191 e. The van der Waals surface area contributed by atoms with Crippen LogP contribution in [-0.4, -0.2) is 59.6 Å². The molecule has 0 spiro atoms. The highest BCUT2D eigenvalue weighted by atomic mass is 127. The minimum absolute atomic E-state index is 0. The largest absolute Gasteiger partial charge is 0.492 e. The molecule has 0 aliphatic carbocycles. The van der Waals surface area contributed by atoms with E-state index in [0.717, 1.165) is 11.7 Å². The first-order chi connectivity index (χ1) is 10.4. The third-order valence-electron chi connectivity index (χ3n) is 2.60. The summed E-state index contributed by atoms with van der Waals surface area (Å²) in [5.74, 6) is 1.61. The standard InChI is InChI=1S/C15H25N3O3.HI/c1-16-15(17-8-10-20-13-12-19-2)18-9-11-21-14-6-4-3-5-7-14;/h3-7H,8-13H2,1-2H3,(H2,16,17,18);1H. The zero-order valence-corrected chi connectivity index (χ0v) is 15.5.